The number of nitrogens with two attached hydrogens (primary N) is 1. The fourth-order valence-electron chi connectivity index (χ4n) is 1.28. The molecule has 0 bridgehead atoms. The SMILES string of the molecule is Cc1cc(NC(=O)CCC(C)(C)N)ccn1. The molecular formula is C12H19N3O. The molecule has 0 aliphatic carbocycles. The maximum atomic E-state index is 11.6. The normalized spacial score (nSPS) is 11.2. The summed E-state index contributed by atoms with van der Waals surface area (Å²) in [6, 6.07) is 3.62. The third-order valence-corrected chi connectivity index (χ3v) is 2.18. The largest absolute Gasteiger partial charge is 0.326 e. The first kappa shape index (κ1) is 12.6. The van der Waals surface area contributed by atoms with Crippen LogP contribution in [0.3, 0.4) is 0 Å². The van der Waals surface area contributed by atoms with Crippen LogP contribution < -0.4 is 11.1 Å². The topological polar surface area (TPSA) is 68.0 Å². The Bertz CT molecular complexity index is 369. The summed E-state index contributed by atoms with van der Waals surface area (Å²) in [4.78, 5) is 15.6. The zero-order chi connectivity index (χ0) is 12.2. The van der Waals surface area contributed by atoms with Gasteiger partial charge in [-0.15, -0.1) is 0 Å². The van der Waals surface area contributed by atoms with Crippen molar-refractivity contribution in [2.45, 2.75) is 39.2 Å². The molecule has 1 rings (SSSR count). The molecule has 1 aromatic rings. The van der Waals surface area contributed by atoms with Gasteiger partial charge in [0.1, 0.15) is 0 Å². The van der Waals surface area contributed by atoms with E-state index in [0.29, 0.717) is 12.8 Å². The summed E-state index contributed by atoms with van der Waals surface area (Å²) in [5.74, 6) is -0.0101. The Morgan fingerprint density at radius 2 is 2.25 bits per heavy atom. The minimum absolute atomic E-state index is 0.0101. The quantitative estimate of drug-likeness (QED) is 0.815. The van der Waals surface area contributed by atoms with Crippen LogP contribution in [0.1, 0.15) is 32.4 Å². The van der Waals surface area contributed by atoms with Crippen molar-refractivity contribution in [2.75, 3.05) is 5.32 Å². The highest BCUT2D eigenvalue weighted by molar-refractivity contribution is 5.90. The van der Waals surface area contributed by atoms with Crippen molar-refractivity contribution in [3.8, 4) is 0 Å². The predicted molar refractivity (Wildman–Crippen MR) is 65.1 cm³/mol. The van der Waals surface area contributed by atoms with Crippen molar-refractivity contribution in [3.05, 3.63) is 24.0 Å². The summed E-state index contributed by atoms with van der Waals surface area (Å²) in [6.07, 6.45) is 2.78. The van der Waals surface area contributed by atoms with Crippen molar-refractivity contribution in [1.82, 2.24) is 4.98 Å². The first-order valence-electron chi connectivity index (χ1n) is 5.38. The van der Waals surface area contributed by atoms with E-state index in [2.05, 4.69) is 10.3 Å². The maximum Gasteiger partial charge on any atom is 0.224 e. The smallest absolute Gasteiger partial charge is 0.224 e. The summed E-state index contributed by atoms with van der Waals surface area (Å²) >= 11 is 0. The molecule has 0 radical (unpaired) electrons. The third kappa shape index (κ3) is 4.89. The Kier molecular flexibility index (Phi) is 4.01. The Balaban J connectivity index is 2.46. The van der Waals surface area contributed by atoms with Crippen LogP contribution in [-0.2, 0) is 4.79 Å². The number of hydrogen-bond acceptors (Lipinski definition) is 3. The van der Waals surface area contributed by atoms with Crippen LogP contribution in [0.4, 0.5) is 5.69 Å². The molecule has 88 valence electrons. The highest BCUT2D eigenvalue weighted by atomic mass is 16.1. The van der Waals surface area contributed by atoms with E-state index in [1.165, 1.54) is 0 Å². The van der Waals surface area contributed by atoms with Gasteiger partial charge >= 0.3 is 0 Å². The molecule has 0 spiro atoms. The van der Waals surface area contributed by atoms with Crippen molar-refractivity contribution < 1.29 is 4.79 Å². The number of rotatable bonds is 4. The van der Waals surface area contributed by atoms with Crippen LogP contribution in [0.5, 0.6) is 0 Å². The lowest BCUT2D eigenvalue weighted by atomic mass is 10.00. The lowest BCUT2D eigenvalue weighted by Gasteiger charge is -2.17. The van der Waals surface area contributed by atoms with Crippen LogP contribution in [-0.4, -0.2) is 16.4 Å². The van der Waals surface area contributed by atoms with Gasteiger partial charge in [-0.05, 0) is 39.3 Å². The van der Waals surface area contributed by atoms with E-state index in [9.17, 15) is 4.79 Å². The highest BCUT2D eigenvalue weighted by Gasteiger charge is 2.13. The van der Waals surface area contributed by atoms with Gasteiger partial charge < -0.3 is 11.1 Å². The standard InChI is InChI=1S/C12H19N3O/c1-9-8-10(5-7-14-9)15-11(16)4-6-12(2,3)13/h5,7-8H,4,6,13H2,1-3H3,(H,14,15,16). The number of aryl methyl sites for hydroxylation is 1. The number of nitrogens with zero attached hydrogens (tertiary/aromatic N) is 1. The lowest BCUT2D eigenvalue weighted by Crippen LogP contribution is -2.33. The molecule has 0 saturated heterocycles. The fourth-order valence-corrected chi connectivity index (χ4v) is 1.28. The van der Waals surface area contributed by atoms with Crippen LogP contribution in [0, 0.1) is 6.92 Å². The van der Waals surface area contributed by atoms with Crippen LogP contribution in [0.15, 0.2) is 18.3 Å². The van der Waals surface area contributed by atoms with Crippen LogP contribution >= 0.6 is 0 Å². The predicted octanol–water partition coefficient (Wildman–Crippen LogP) is 1.85. The molecule has 4 nitrogen and oxygen atoms in total. The molecule has 1 amide bonds. The van der Waals surface area contributed by atoms with E-state index in [4.69, 9.17) is 5.73 Å². The molecule has 1 aromatic heterocycles. The second-order valence-corrected chi connectivity index (χ2v) is 4.72. The summed E-state index contributed by atoms with van der Waals surface area (Å²) in [5, 5.41) is 2.82. The third-order valence-electron chi connectivity index (χ3n) is 2.18. The molecule has 16 heavy (non-hydrogen) atoms. The first-order chi connectivity index (χ1) is 7.37. The highest BCUT2D eigenvalue weighted by Crippen LogP contribution is 2.11. The molecule has 0 fully saturated rings. The zero-order valence-corrected chi connectivity index (χ0v) is 10.1. The molecular weight excluding hydrogens is 202 g/mol. The van der Waals surface area contributed by atoms with E-state index in [0.717, 1.165) is 11.4 Å². The van der Waals surface area contributed by atoms with E-state index < -0.39 is 0 Å². The number of hydrogen-bond donors (Lipinski definition) is 2. The van der Waals surface area contributed by atoms with E-state index in [-0.39, 0.29) is 11.4 Å². The molecule has 0 saturated carbocycles. The van der Waals surface area contributed by atoms with Crippen molar-refractivity contribution in [3.63, 3.8) is 0 Å². The van der Waals surface area contributed by atoms with Gasteiger partial charge in [-0.3, -0.25) is 9.78 Å². The van der Waals surface area contributed by atoms with E-state index in [1.54, 1.807) is 12.3 Å². The zero-order valence-electron chi connectivity index (χ0n) is 10.1. The van der Waals surface area contributed by atoms with Gasteiger partial charge in [0.25, 0.3) is 0 Å². The molecule has 0 atom stereocenters. The Hall–Kier alpha value is -1.42. The van der Waals surface area contributed by atoms with Crippen molar-refractivity contribution >= 4 is 11.6 Å². The van der Waals surface area contributed by atoms with Gasteiger partial charge in [-0.2, -0.15) is 0 Å². The molecule has 0 aliphatic rings. The minimum atomic E-state index is -0.300. The molecule has 0 unspecified atom stereocenters. The molecule has 1 heterocycles. The maximum absolute atomic E-state index is 11.6. The average Bonchev–Trinajstić information content (AvgIpc) is 2.14. The summed E-state index contributed by atoms with van der Waals surface area (Å²) in [6.45, 7) is 5.71. The molecule has 3 N–H and O–H groups in total. The number of carbonyl (C=O) groups excluding carboxylic acids is 1. The van der Waals surface area contributed by atoms with Crippen molar-refractivity contribution in [2.24, 2.45) is 5.73 Å². The Morgan fingerprint density at radius 1 is 1.56 bits per heavy atom. The summed E-state index contributed by atoms with van der Waals surface area (Å²) in [5.41, 5.74) is 7.18. The van der Waals surface area contributed by atoms with Crippen LogP contribution in [0.2, 0.25) is 0 Å². The number of anilines is 1. The first-order valence-corrected chi connectivity index (χ1v) is 5.38. The number of amides is 1. The lowest BCUT2D eigenvalue weighted by molar-refractivity contribution is -0.116. The van der Waals surface area contributed by atoms with Gasteiger partial charge in [0.2, 0.25) is 5.91 Å². The van der Waals surface area contributed by atoms with Crippen molar-refractivity contribution in [1.29, 1.82) is 0 Å². The van der Waals surface area contributed by atoms with Gasteiger partial charge in [-0.25, -0.2) is 0 Å². The number of carbonyl (C=O) groups is 1. The van der Waals surface area contributed by atoms with Gasteiger partial charge in [0.05, 0.1) is 0 Å². The molecule has 4 heteroatoms. The van der Waals surface area contributed by atoms with E-state index >= 15 is 0 Å². The summed E-state index contributed by atoms with van der Waals surface area (Å²) in [7, 11) is 0. The average molecular weight is 221 g/mol. The minimum Gasteiger partial charge on any atom is -0.326 e. The van der Waals surface area contributed by atoms with Gasteiger partial charge in [-0.1, -0.05) is 0 Å². The monoisotopic (exact) mass is 221 g/mol. The number of aromatic nitrogens is 1. The van der Waals surface area contributed by atoms with E-state index in [1.807, 2.05) is 26.8 Å². The Morgan fingerprint density at radius 3 is 2.81 bits per heavy atom. The summed E-state index contributed by atoms with van der Waals surface area (Å²) < 4.78 is 0. The number of nitrogens with one attached hydrogen (secondary N) is 1. The second-order valence-electron chi connectivity index (χ2n) is 4.72. The molecule has 0 aromatic carbocycles. The molecule has 0 aliphatic heterocycles. The number of pyridine rings is 1. The second kappa shape index (κ2) is 5.07. The van der Waals surface area contributed by atoms with Gasteiger partial charge in [0.15, 0.2) is 0 Å². The van der Waals surface area contributed by atoms with Gasteiger partial charge in [0, 0.05) is 29.5 Å². The Labute approximate surface area is 96.3 Å². The van der Waals surface area contributed by atoms with Crippen LogP contribution in [0.25, 0.3) is 0 Å². The fraction of sp³-hybridized carbons (Fsp3) is 0.500.